The Hall–Kier alpha value is -1.70. The highest BCUT2D eigenvalue weighted by Gasteiger charge is 2.64. The molecule has 6 unspecified atom stereocenters. The van der Waals surface area contributed by atoms with Gasteiger partial charge in [0.2, 0.25) is 0 Å². The Bertz CT molecular complexity index is 796. The molecule has 0 spiro atoms. The van der Waals surface area contributed by atoms with Crippen molar-refractivity contribution < 1.29 is 29.3 Å². The molecule has 0 bridgehead atoms. The van der Waals surface area contributed by atoms with E-state index in [0.717, 1.165) is 0 Å². The first-order valence-corrected chi connectivity index (χ1v) is 9.29. The molecule has 7 heteroatoms. The van der Waals surface area contributed by atoms with E-state index < -0.39 is 46.8 Å². The molecule has 1 aromatic heterocycles. The summed E-state index contributed by atoms with van der Waals surface area (Å²) in [5.41, 5.74) is -1.46. The molecule has 0 aromatic carbocycles. The van der Waals surface area contributed by atoms with Crippen LogP contribution in [0.3, 0.4) is 0 Å². The fourth-order valence-corrected chi connectivity index (χ4v) is 5.32. The van der Waals surface area contributed by atoms with E-state index in [1.807, 2.05) is 27.7 Å². The number of fused-ring (bicyclic) bond motifs is 3. The lowest BCUT2D eigenvalue weighted by Gasteiger charge is -2.60. The highest BCUT2D eigenvalue weighted by molar-refractivity contribution is 5.47. The maximum Gasteiger partial charge on any atom is 0.336 e. The highest BCUT2D eigenvalue weighted by atomic mass is 16.5. The average molecular weight is 380 g/mol. The molecule has 3 rings (SSSR count). The molecule has 0 saturated heterocycles. The Morgan fingerprint density at radius 2 is 1.85 bits per heavy atom. The van der Waals surface area contributed by atoms with Gasteiger partial charge in [-0.1, -0.05) is 34.6 Å². The molecule has 2 aliphatic carbocycles. The molecule has 1 saturated carbocycles. The quantitative estimate of drug-likeness (QED) is 0.678. The summed E-state index contributed by atoms with van der Waals surface area (Å²) in [6, 6.07) is 1.31. The van der Waals surface area contributed by atoms with Crippen LogP contribution in [0.1, 0.15) is 69.9 Å². The second-order valence-corrected chi connectivity index (χ2v) is 8.90. The predicted molar refractivity (Wildman–Crippen MR) is 96.2 cm³/mol. The fraction of sp³-hybridized carbons (Fsp3) is 0.700. The first kappa shape index (κ1) is 20.0. The summed E-state index contributed by atoms with van der Waals surface area (Å²) in [5.74, 6) is -0.489. The molecule has 3 N–H and O–H groups in total. The van der Waals surface area contributed by atoms with Crippen LogP contribution in [0, 0.1) is 11.3 Å². The van der Waals surface area contributed by atoms with Gasteiger partial charge in [0.1, 0.15) is 18.0 Å². The Balaban J connectivity index is 2.39. The summed E-state index contributed by atoms with van der Waals surface area (Å²) in [5, 5.41) is 32.7. The van der Waals surface area contributed by atoms with Gasteiger partial charge in [-0.3, -0.25) is 4.79 Å². The molecule has 150 valence electrons. The maximum atomic E-state index is 12.3. The van der Waals surface area contributed by atoms with Gasteiger partial charge in [0.05, 0.1) is 12.2 Å². The molecule has 1 fully saturated rings. The lowest BCUT2D eigenvalue weighted by Crippen LogP contribution is -2.66. The van der Waals surface area contributed by atoms with E-state index >= 15 is 0 Å². The van der Waals surface area contributed by atoms with Gasteiger partial charge < -0.3 is 24.5 Å². The van der Waals surface area contributed by atoms with Crippen molar-refractivity contribution in [1.82, 2.24) is 0 Å². The van der Waals surface area contributed by atoms with Crippen molar-refractivity contribution in [3.8, 4) is 0 Å². The molecule has 2 aliphatic rings. The first-order chi connectivity index (χ1) is 12.5. The lowest BCUT2D eigenvalue weighted by molar-refractivity contribution is -0.199. The Labute approximate surface area is 158 Å². The van der Waals surface area contributed by atoms with Crippen molar-refractivity contribution in [3.63, 3.8) is 0 Å². The second kappa shape index (κ2) is 6.43. The van der Waals surface area contributed by atoms with Gasteiger partial charge in [-0.25, -0.2) is 4.79 Å². The Kier molecular flexibility index (Phi) is 4.77. The molecular formula is C20H28O7. The molecule has 0 aliphatic heterocycles. The van der Waals surface area contributed by atoms with Gasteiger partial charge >= 0.3 is 5.63 Å². The average Bonchev–Trinajstić information content (AvgIpc) is 2.57. The summed E-state index contributed by atoms with van der Waals surface area (Å²) in [6.07, 6.45) is -3.97. The van der Waals surface area contributed by atoms with E-state index in [1.54, 1.807) is 6.92 Å². The van der Waals surface area contributed by atoms with Gasteiger partial charge in [0.25, 0.3) is 6.47 Å². The molecule has 0 amide bonds. The SMILES string of the molecule is CC(C)c1oc(=O)cc2c1C(O)C(OC=O)C1C(C)(C)C(O)CC(O)C21C. The molecule has 7 nitrogen and oxygen atoms in total. The summed E-state index contributed by atoms with van der Waals surface area (Å²) in [4.78, 5) is 23.5. The number of rotatable bonds is 3. The molecule has 1 aromatic rings. The minimum absolute atomic E-state index is 0.112. The van der Waals surface area contributed by atoms with Crippen molar-refractivity contribution >= 4 is 6.47 Å². The minimum Gasteiger partial charge on any atom is -0.461 e. The minimum atomic E-state index is -1.23. The molecule has 0 radical (unpaired) electrons. The van der Waals surface area contributed by atoms with Crippen molar-refractivity contribution in [2.45, 2.75) is 76.8 Å². The van der Waals surface area contributed by atoms with E-state index in [0.29, 0.717) is 16.9 Å². The van der Waals surface area contributed by atoms with Crippen LogP contribution in [0.15, 0.2) is 15.3 Å². The third-order valence-electron chi connectivity index (χ3n) is 6.73. The van der Waals surface area contributed by atoms with Gasteiger partial charge in [-0.05, 0) is 11.0 Å². The summed E-state index contributed by atoms with van der Waals surface area (Å²) >= 11 is 0. The topological polar surface area (TPSA) is 117 Å². The largest absolute Gasteiger partial charge is 0.461 e. The van der Waals surface area contributed by atoms with Gasteiger partial charge in [-0.2, -0.15) is 0 Å². The first-order valence-electron chi connectivity index (χ1n) is 9.29. The van der Waals surface area contributed by atoms with Crippen LogP contribution >= 0.6 is 0 Å². The second-order valence-electron chi connectivity index (χ2n) is 8.90. The van der Waals surface area contributed by atoms with Crippen LogP contribution in [0.5, 0.6) is 0 Å². The lowest BCUT2D eigenvalue weighted by atomic mass is 9.47. The normalized spacial score (nSPS) is 37.4. The number of hydrogen-bond donors (Lipinski definition) is 3. The third-order valence-corrected chi connectivity index (χ3v) is 6.73. The molecule has 6 atom stereocenters. The zero-order chi connectivity index (χ0) is 20.3. The monoisotopic (exact) mass is 380 g/mol. The van der Waals surface area contributed by atoms with Gasteiger partial charge in [0.15, 0.2) is 0 Å². The van der Waals surface area contributed by atoms with E-state index in [-0.39, 0.29) is 18.8 Å². The van der Waals surface area contributed by atoms with Gasteiger partial charge in [-0.15, -0.1) is 0 Å². The molecule has 27 heavy (non-hydrogen) atoms. The predicted octanol–water partition coefficient (Wildman–Crippen LogP) is 1.38. The smallest absolute Gasteiger partial charge is 0.336 e. The maximum absolute atomic E-state index is 12.3. The third kappa shape index (κ3) is 2.67. The Morgan fingerprint density at radius 1 is 1.22 bits per heavy atom. The number of carbonyl (C=O) groups excluding carboxylic acids is 1. The van der Waals surface area contributed by atoms with Crippen molar-refractivity contribution in [2.24, 2.45) is 11.3 Å². The van der Waals surface area contributed by atoms with Crippen LogP contribution < -0.4 is 5.63 Å². The van der Waals surface area contributed by atoms with Crippen molar-refractivity contribution in [1.29, 1.82) is 0 Å². The van der Waals surface area contributed by atoms with E-state index in [2.05, 4.69) is 0 Å². The number of carbonyl (C=O) groups is 1. The van der Waals surface area contributed by atoms with E-state index in [9.17, 15) is 24.9 Å². The van der Waals surface area contributed by atoms with Crippen LogP contribution in [-0.4, -0.2) is 40.1 Å². The zero-order valence-corrected chi connectivity index (χ0v) is 16.3. The van der Waals surface area contributed by atoms with Crippen LogP contribution in [0.2, 0.25) is 0 Å². The summed E-state index contributed by atoms with van der Waals surface area (Å²) in [6.45, 7) is 9.38. The number of ether oxygens (including phenoxy) is 1. The van der Waals surface area contributed by atoms with Crippen molar-refractivity contribution in [2.75, 3.05) is 0 Å². The highest BCUT2D eigenvalue weighted by Crippen LogP contribution is 2.60. The van der Waals surface area contributed by atoms with Crippen LogP contribution in [-0.2, 0) is 14.9 Å². The van der Waals surface area contributed by atoms with Crippen molar-refractivity contribution in [3.05, 3.63) is 33.4 Å². The summed E-state index contributed by atoms with van der Waals surface area (Å²) < 4.78 is 10.7. The van der Waals surface area contributed by atoms with Gasteiger partial charge in [0, 0.05) is 35.3 Å². The van der Waals surface area contributed by atoms with Crippen LogP contribution in [0.25, 0.3) is 0 Å². The summed E-state index contributed by atoms with van der Waals surface area (Å²) in [7, 11) is 0. The van der Waals surface area contributed by atoms with Crippen LogP contribution in [0.4, 0.5) is 0 Å². The molecule has 1 heterocycles. The standard InChI is InChI=1S/C20H28O7/c1-9(2)16-14-10(6-13(24)27-16)20(5)12(23)7-11(22)19(3,4)18(20)17(15(14)25)26-8-21/h6,8-9,11-12,15,17-18,22-23,25H,7H2,1-5H3. The molecular weight excluding hydrogens is 352 g/mol. The van der Waals surface area contributed by atoms with E-state index in [1.165, 1.54) is 6.07 Å². The Morgan fingerprint density at radius 3 is 2.41 bits per heavy atom. The number of hydrogen-bond acceptors (Lipinski definition) is 7. The number of aliphatic hydroxyl groups is 3. The fourth-order valence-electron chi connectivity index (χ4n) is 5.32. The number of aliphatic hydroxyl groups excluding tert-OH is 3. The van der Waals surface area contributed by atoms with E-state index in [4.69, 9.17) is 9.15 Å². The zero-order valence-electron chi connectivity index (χ0n) is 16.3.